The summed E-state index contributed by atoms with van der Waals surface area (Å²) in [6, 6.07) is 0. The maximum Gasteiger partial charge on any atom is 0.108 e. The van der Waals surface area contributed by atoms with Gasteiger partial charge in [0.05, 0.1) is 12.2 Å². The summed E-state index contributed by atoms with van der Waals surface area (Å²) in [7, 11) is 0. The highest BCUT2D eigenvalue weighted by molar-refractivity contribution is 5.01. The summed E-state index contributed by atoms with van der Waals surface area (Å²) in [6.45, 7) is 1.97. The lowest BCUT2D eigenvalue weighted by Gasteiger charge is -2.57. The molecule has 1 unspecified atom stereocenters. The summed E-state index contributed by atoms with van der Waals surface area (Å²) in [6.07, 6.45) is 7.33. The first kappa shape index (κ1) is 14.4. The molecule has 5 fully saturated rings. The average Bonchev–Trinajstić information content (AvgIpc) is 2.41. The number of likely N-dealkylation sites (tertiary alicyclic amines) is 1. The first-order valence-electron chi connectivity index (χ1n) is 8.79. The third-order valence-corrected chi connectivity index (χ3v) is 6.80. The predicted octanol–water partition coefficient (Wildman–Crippen LogP) is 0.991. The molecule has 1 aliphatic heterocycles. The lowest BCUT2D eigenvalue weighted by Crippen LogP contribution is -2.56. The molecule has 0 aromatic carbocycles. The first-order chi connectivity index (χ1) is 10.0. The van der Waals surface area contributed by atoms with Crippen LogP contribution in [0.2, 0.25) is 0 Å². The Labute approximate surface area is 127 Å². The molecule has 4 aliphatic carbocycles. The molecule has 4 saturated carbocycles. The molecule has 3 atom stereocenters. The Hall–Kier alpha value is -0.160. The molecule has 1 saturated heterocycles. The van der Waals surface area contributed by atoms with Crippen molar-refractivity contribution in [1.82, 2.24) is 4.90 Å². The Morgan fingerprint density at radius 3 is 1.76 bits per heavy atom. The molecule has 5 aliphatic rings. The number of piperidine rings is 1. The Morgan fingerprint density at radius 1 is 0.810 bits per heavy atom. The van der Waals surface area contributed by atoms with Gasteiger partial charge in [0.15, 0.2) is 0 Å². The van der Waals surface area contributed by atoms with Gasteiger partial charge >= 0.3 is 0 Å². The summed E-state index contributed by atoms with van der Waals surface area (Å²) in [4.78, 5) is 2.15. The Morgan fingerprint density at radius 2 is 1.29 bits per heavy atom. The largest absolute Gasteiger partial charge is 0.389 e. The molecule has 5 rings (SSSR count). The third kappa shape index (κ3) is 2.65. The lowest BCUT2D eigenvalue weighted by atomic mass is 9.49. The van der Waals surface area contributed by atoms with Crippen molar-refractivity contribution in [3.05, 3.63) is 0 Å². The molecular weight excluding hydrogens is 266 g/mol. The molecule has 1 heterocycles. The molecule has 4 nitrogen and oxygen atoms in total. The fraction of sp³-hybridized carbons (Fsp3) is 1.00. The van der Waals surface area contributed by atoms with E-state index in [1.165, 1.54) is 44.9 Å². The maximum atomic E-state index is 9.83. The van der Waals surface area contributed by atoms with Gasteiger partial charge in [0.2, 0.25) is 0 Å². The molecule has 0 radical (unpaired) electrons. The molecule has 4 bridgehead atoms. The van der Waals surface area contributed by atoms with Crippen molar-refractivity contribution in [3.63, 3.8) is 0 Å². The fourth-order valence-corrected chi connectivity index (χ4v) is 6.25. The van der Waals surface area contributed by atoms with Crippen molar-refractivity contribution in [2.45, 2.75) is 63.3 Å². The summed E-state index contributed by atoms with van der Waals surface area (Å²) < 4.78 is 0. The minimum atomic E-state index is -0.971. The van der Waals surface area contributed by atoms with Gasteiger partial charge in [-0.3, -0.25) is 4.90 Å². The SMILES string of the molecule is OC1[C@H](O)CN(CCC23CC4CC(CC(C4)C2)C3)C[C@@H]1O. The van der Waals surface area contributed by atoms with Gasteiger partial charge in [0.1, 0.15) is 6.10 Å². The average molecular weight is 295 g/mol. The third-order valence-electron chi connectivity index (χ3n) is 6.80. The zero-order valence-electron chi connectivity index (χ0n) is 12.8. The topological polar surface area (TPSA) is 63.9 Å². The summed E-state index contributed by atoms with van der Waals surface area (Å²) >= 11 is 0. The standard InChI is InChI=1S/C17H29NO3/c19-14-9-18(10-15(20)16(14)21)2-1-17-6-11-3-12(7-17)5-13(4-11)8-17/h11-16,19-21H,1-10H2/t11?,12?,13?,14-,15+,16?,17?. The highest BCUT2D eigenvalue weighted by Crippen LogP contribution is 2.61. The predicted molar refractivity (Wildman–Crippen MR) is 79.7 cm³/mol. The van der Waals surface area contributed by atoms with Crippen LogP contribution < -0.4 is 0 Å². The van der Waals surface area contributed by atoms with Gasteiger partial charge in [-0.25, -0.2) is 0 Å². The molecule has 0 aromatic rings. The second-order valence-corrected chi connectivity index (χ2v) is 8.55. The van der Waals surface area contributed by atoms with Crippen LogP contribution in [0.1, 0.15) is 44.9 Å². The normalized spacial score (nSPS) is 53.3. The van der Waals surface area contributed by atoms with Crippen LogP contribution >= 0.6 is 0 Å². The molecule has 21 heavy (non-hydrogen) atoms. The fourth-order valence-electron chi connectivity index (χ4n) is 6.25. The van der Waals surface area contributed by atoms with Gasteiger partial charge in [0.25, 0.3) is 0 Å². The van der Waals surface area contributed by atoms with E-state index in [2.05, 4.69) is 4.90 Å². The second kappa shape index (κ2) is 5.19. The highest BCUT2D eigenvalue weighted by Gasteiger charge is 2.50. The minimum absolute atomic E-state index is 0.505. The Bertz CT molecular complexity index is 352. The van der Waals surface area contributed by atoms with E-state index in [4.69, 9.17) is 0 Å². The Kier molecular flexibility index (Phi) is 3.57. The van der Waals surface area contributed by atoms with Gasteiger partial charge in [-0.15, -0.1) is 0 Å². The van der Waals surface area contributed by atoms with E-state index in [0.29, 0.717) is 18.5 Å². The van der Waals surface area contributed by atoms with Crippen molar-refractivity contribution in [2.24, 2.45) is 23.2 Å². The number of rotatable bonds is 3. The minimum Gasteiger partial charge on any atom is -0.389 e. The number of aliphatic hydroxyl groups excluding tert-OH is 3. The monoisotopic (exact) mass is 295 g/mol. The van der Waals surface area contributed by atoms with Gasteiger partial charge < -0.3 is 15.3 Å². The highest BCUT2D eigenvalue weighted by atomic mass is 16.4. The smallest absolute Gasteiger partial charge is 0.108 e. The summed E-state index contributed by atoms with van der Waals surface area (Å²) in [5.74, 6) is 2.95. The van der Waals surface area contributed by atoms with Gasteiger partial charge in [0, 0.05) is 13.1 Å². The molecule has 0 spiro atoms. The van der Waals surface area contributed by atoms with E-state index in [1.807, 2.05) is 0 Å². The summed E-state index contributed by atoms with van der Waals surface area (Å²) in [5.41, 5.74) is 0.556. The molecule has 120 valence electrons. The van der Waals surface area contributed by atoms with E-state index < -0.39 is 18.3 Å². The van der Waals surface area contributed by atoms with Crippen LogP contribution in [0.3, 0.4) is 0 Å². The van der Waals surface area contributed by atoms with E-state index in [9.17, 15) is 15.3 Å². The number of hydrogen-bond donors (Lipinski definition) is 3. The zero-order valence-corrected chi connectivity index (χ0v) is 12.8. The molecular formula is C17H29NO3. The second-order valence-electron chi connectivity index (χ2n) is 8.55. The van der Waals surface area contributed by atoms with Gasteiger partial charge in [-0.1, -0.05) is 0 Å². The van der Waals surface area contributed by atoms with E-state index in [-0.39, 0.29) is 0 Å². The van der Waals surface area contributed by atoms with E-state index in [1.54, 1.807) is 0 Å². The molecule has 0 aromatic heterocycles. The lowest BCUT2D eigenvalue weighted by molar-refractivity contribution is -0.115. The van der Waals surface area contributed by atoms with Crippen molar-refractivity contribution < 1.29 is 15.3 Å². The van der Waals surface area contributed by atoms with E-state index in [0.717, 1.165) is 24.3 Å². The molecule has 0 amide bonds. The van der Waals surface area contributed by atoms with Crippen molar-refractivity contribution >= 4 is 0 Å². The number of aliphatic hydroxyl groups is 3. The quantitative estimate of drug-likeness (QED) is 0.726. The van der Waals surface area contributed by atoms with Crippen LogP contribution in [-0.2, 0) is 0 Å². The number of hydrogen-bond acceptors (Lipinski definition) is 4. The van der Waals surface area contributed by atoms with Crippen LogP contribution in [0.25, 0.3) is 0 Å². The van der Waals surface area contributed by atoms with Crippen LogP contribution in [0.4, 0.5) is 0 Å². The van der Waals surface area contributed by atoms with Crippen LogP contribution in [0, 0.1) is 23.2 Å². The zero-order chi connectivity index (χ0) is 14.6. The van der Waals surface area contributed by atoms with Crippen molar-refractivity contribution in [3.8, 4) is 0 Å². The molecule has 3 N–H and O–H groups in total. The van der Waals surface area contributed by atoms with Crippen LogP contribution in [0.15, 0.2) is 0 Å². The number of nitrogens with zero attached hydrogens (tertiary/aromatic N) is 1. The number of β-amino-alcohol motifs (C(OH)–C–C–N with tert-alkyl or cyclic N) is 2. The molecule has 4 heteroatoms. The summed E-state index contributed by atoms with van der Waals surface area (Å²) in [5, 5.41) is 29.3. The van der Waals surface area contributed by atoms with Gasteiger partial charge in [-0.05, 0) is 74.7 Å². The van der Waals surface area contributed by atoms with Crippen LogP contribution in [-0.4, -0.2) is 58.2 Å². The first-order valence-corrected chi connectivity index (χ1v) is 8.79. The van der Waals surface area contributed by atoms with Gasteiger partial charge in [-0.2, -0.15) is 0 Å². The van der Waals surface area contributed by atoms with Crippen LogP contribution in [0.5, 0.6) is 0 Å². The Balaban J connectivity index is 1.37. The maximum absolute atomic E-state index is 9.83. The van der Waals surface area contributed by atoms with E-state index >= 15 is 0 Å². The van der Waals surface area contributed by atoms with Crippen molar-refractivity contribution in [1.29, 1.82) is 0 Å². The van der Waals surface area contributed by atoms with Crippen molar-refractivity contribution in [2.75, 3.05) is 19.6 Å².